The molecule has 3 aliphatic rings. The number of allylic oxidation sites excluding steroid dienone is 1. The van der Waals surface area contributed by atoms with Crippen LogP contribution in [0.5, 0.6) is 5.75 Å². The fourth-order valence-corrected chi connectivity index (χ4v) is 6.36. The molecule has 2 unspecified atom stereocenters. The van der Waals surface area contributed by atoms with Crippen LogP contribution in [0.2, 0.25) is 0 Å². The molecule has 1 aromatic carbocycles. The van der Waals surface area contributed by atoms with E-state index in [0.29, 0.717) is 24.7 Å². The number of halogens is 2. The first-order chi connectivity index (χ1) is 15.1. The molecule has 1 aliphatic heterocycles. The zero-order valence-corrected chi connectivity index (χ0v) is 19.0. The van der Waals surface area contributed by atoms with Gasteiger partial charge in [0.1, 0.15) is 0 Å². The van der Waals surface area contributed by atoms with Gasteiger partial charge in [0.05, 0.1) is 19.3 Å². The molecular weight excluding hydrogens is 394 g/mol. The fraction of sp³-hybridized carbons (Fsp3) is 0.704. The summed E-state index contributed by atoms with van der Waals surface area (Å²) in [6, 6.07) is 3.22. The van der Waals surface area contributed by atoms with Crippen molar-refractivity contribution in [2.45, 2.75) is 83.2 Å². The number of ether oxygens (including phenoxy) is 2. The average molecular weight is 433 g/mol. The molecule has 3 fully saturated rings. The first-order valence-corrected chi connectivity index (χ1v) is 12.5. The molecule has 0 spiro atoms. The monoisotopic (exact) mass is 432 g/mol. The highest BCUT2D eigenvalue weighted by Crippen LogP contribution is 2.44. The van der Waals surface area contributed by atoms with Crippen molar-refractivity contribution < 1.29 is 18.3 Å². The third-order valence-electron chi connectivity index (χ3n) is 8.29. The van der Waals surface area contributed by atoms with Crippen LogP contribution in [0.15, 0.2) is 24.8 Å². The van der Waals surface area contributed by atoms with Crippen LogP contribution in [-0.2, 0) is 4.74 Å². The number of benzene rings is 1. The van der Waals surface area contributed by atoms with Crippen LogP contribution >= 0.6 is 0 Å². The third kappa shape index (κ3) is 5.16. The van der Waals surface area contributed by atoms with Crippen LogP contribution in [0.4, 0.5) is 8.78 Å². The molecule has 2 aliphatic carbocycles. The molecule has 0 radical (unpaired) electrons. The predicted octanol–water partition coefficient (Wildman–Crippen LogP) is 7.42. The van der Waals surface area contributed by atoms with Crippen molar-refractivity contribution in [1.82, 2.24) is 0 Å². The lowest BCUT2D eigenvalue weighted by atomic mass is 9.68. The minimum Gasteiger partial charge on any atom is -0.491 e. The molecule has 0 bridgehead atoms. The second kappa shape index (κ2) is 10.5. The average Bonchev–Trinajstić information content (AvgIpc) is 2.83. The highest BCUT2D eigenvalue weighted by Gasteiger charge is 2.36. The Morgan fingerprint density at radius 1 is 0.903 bits per heavy atom. The molecule has 172 valence electrons. The quantitative estimate of drug-likeness (QED) is 0.435. The lowest BCUT2D eigenvalue weighted by molar-refractivity contribution is -0.0467. The van der Waals surface area contributed by atoms with Crippen molar-refractivity contribution in [2.75, 3.05) is 13.2 Å². The Hall–Kier alpha value is -1.42. The van der Waals surface area contributed by atoms with Crippen LogP contribution in [-0.4, -0.2) is 19.3 Å². The molecule has 1 heterocycles. The molecule has 1 aromatic rings. The van der Waals surface area contributed by atoms with Crippen LogP contribution in [0.3, 0.4) is 0 Å². The highest BCUT2D eigenvalue weighted by atomic mass is 19.2. The van der Waals surface area contributed by atoms with Gasteiger partial charge in [0, 0.05) is 5.92 Å². The van der Waals surface area contributed by atoms with Gasteiger partial charge in [-0.3, -0.25) is 0 Å². The fourth-order valence-electron chi connectivity index (χ4n) is 6.36. The maximum absolute atomic E-state index is 14.6. The van der Waals surface area contributed by atoms with Crippen molar-refractivity contribution in [3.8, 4) is 5.75 Å². The maximum Gasteiger partial charge on any atom is 0.200 e. The van der Waals surface area contributed by atoms with Gasteiger partial charge in [0.2, 0.25) is 5.82 Å². The first kappa shape index (κ1) is 22.8. The normalized spacial score (nSPS) is 34.3. The van der Waals surface area contributed by atoms with E-state index in [1.807, 2.05) is 0 Å². The van der Waals surface area contributed by atoms with E-state index in [1.165, 1.54) is 51.4 Å². The van der Waals surface area contributed by atoms with Gasteiger partial charge in [-0.25, -0.2) is 4.39 Å². The Labute approximate surface area is 186 Å². The van der Waals surface area contributed by atoms with E-state index < -0.39 is 11.6 Å². The van der Waals surface area contributed by atoms with E-state index >= 15 is 0 Å². The van der Waals surface area contributed by atoms with E-state index in [4.69, 9.17) is 9.47 Å². The second-order valence-corrected chi connectivity index (χ2v) is 9.95. The minimum absolute atomic E-state index is 0.00640. The maximum atomic E-state index is 14.6. The molecule has 2 nitrogen and oxygen atoms in total. The van der Waals surface area contributed by atoms with Gasteiger partial charge >= 0.3 is 0 Å². The zero-order valence-electron chi connectivity index (χ0n) is 19.0. The van der Waals surface area contributed by atoms with Crippen molar-refractivity contribution >= 4 is 0 Å². The molecule has 4 heteroatoms. The summed E-state index contributed by atoms with van der Waals surface area (Å²) in [5, 5.41) is 0. The van der Waals surface area contributed by atoms with E-state index in [1.54, 1.807) is 19.1 Å². The number of hydrogen-bond donors (Lipinski definition) is 0. The summed E-state index contributed by atoms with van der Waals surface area (Å²) < 4.78 is 40.2. The van der Waals surface area contributed by atoms with Gasteiger partial charge < -0.3 is 9.47 Å². The highest BCUT2D eigenvalue weighted by molar-refractivity contribution is 5.33. The lowest BCUT2D eigenvalue weighted by Crippen LogP contribution is -2.35. The molecule has 4 rings (SSSR count). The van der Waals surface area contributed by atoms with Crippen LogP contribution in [0, 0.1) is 35.3 Å². The summed E-state index contributed by atoms with van der Waals surface area (Å²) in [4.78, 5) is 0. The van der Waals surface area contributed by atoms with Gasteiger partial charge in [0.15, 0.2) is 11.6 Å². The van der Waals surface area contributed by atoms with Crippen molar-refractivity contribution in [1.29, 1.82) is 0 Å². The molecular formula is C27H38F2O2. The SMILES string of the molecule is C=CC1CCC(C2CCC(C3CCC(c4ccc(OCC)c(F)c4F)CO3)CC2)CC1. The van der Waals surface area contributed by atoms with E-state index in [0.717, 1.165) is 30.6 Å². The lowest BCUT2D eigenvalue weighted by Gasteiger charge is -2.41. The van der Waals surface area contributed by atoms with Crippen molar-refractivity contribution in [3.05, 3.63) is 42.0 Å². The second-order valence-electron chi connectivity index (χ2n) is 9.95. The van der Waals surface area contributed by atoms with Gasteiger partial charge in [0.25, 0.3) is 0 Å². The van der Waals surface area contributed by atoms with E-state index in [9.17, 15) is 8.78 Å². The van der Waals surface area contributed by atoms with Gasteiger partial charge in [-0.15, -0.1) is 6.58 Å². The number of rotatable bonds is 6. The van der Waals surface area contributed by atoms with Gasteiger partial charge in [-0.05, 0) is 106 Å². The Morgan fingerprint density at radius 2 is 1.55 bits per heavy atom. The van der Waals surface area contributed by atoms with Gasteiger partial charge in [-0.2, -0.15) is 4.39 Å². The van der Waals surface area contributed by atoms with Crippen LogP contribution in [0.1, 0.15) is 82.6 Å². The van der Waals surface area contributed by atoms with Crippen LogP contribution < -0.4 is 4.74 Å². The summed E-state index contributed by atoms with van der Waals surface area (Å²) in [7, 11) is 0. The van der Waals surface area contributed by atoms with Crippen LogP contribution in [0.25, 0.3) is 0 Å². The summed E-state index contributed by atoms with van der Waals surface area (Å²) >= 11 is 0. The summed E-state index contributed by atoms with van der Waals surface area (Å²) in [5.41, 5.74) is 0.429. The largest absolute Gasteiger partial charge is 0.491 e. The predicted molar refractivity (Wildman–Crippen MR) is 120 cm³/mol. The summed E-state index contributed by atoms with van der Waals surface area (Å²) in [5.74, 6) is 1.44. The molecule has 31 heavy (non-hydrogen) atoms. The topological polar surface area (TPSA) is 18.5 Å². The zero-order chi connectivity index (χ0) is 21.8. The molecule has 0 amide bonds. The molecule has 0 aromatic heterocycles. The minimum atomic E-state index is -0.873. The molecule has 0 N–H and O–H groups in total. The Morgan fingerprint density at radius 3 is 2.13 bits per heavy atom. The molecule has 1 saturated heterocycles. The van der Waals surface area contributed by atoms with E-state index in [2.05, 4.69) is 12.7 Å². The first-order valence-electron chi connectivity index (χ1n) is 12.5. The molecule has 2 saturated carbocycles. The molecule has 2 atom stereocenters. The summed E-state index contributed by atoms with van der Waals surface area (Å²) in [6.45, 7) is 6.54. The Balaban J connectivity index is 1.26. The van der Waals surface area contributed by atoms with Crippen molar-refractivity contribution in [3.63, 3.8) is 0 Å². The van der Waals surface area contributed by atoms with E-state index in [-0.39, 0.29) is 17.8 Å². The van der Waals surface area contributed by atoms with Gasteiger partial charge in [-0.1, -0.05) is 12.1 Å². The smallest absolute Gasteiger partial charge is 0.200 e. The Kier molecular flexibility index (Phi) is 7.68. The van der Waals surface area contributed by atoms with Crippen molar-refractivity contribution in [2.24, 2.45) is 23.7 Å². The number of hydrogen-bond acceptors (Lipinski definition) is 2. The Bertz CT molecular complexity index is 725. The summed E-state index contributed by atoms with van der Waals surface area (Å²) in [6.07, 6.45) is 14.8. The third-order valence-corrected chi connectivity index (χ3v) is 8.29. The standard InChI is InChI=1S/C27H38F2O2/c1-3-18-5-7-19(8-6-18)20-9-11-21(12-10-20)24-15-13-22(17-31-24)23-14-16-25(30-4-2)27(29)26(23)28/h3,14,16,18-22,24H,1,4-13,15,17H2,2H3.